The zero-order chi connectivity index (χ0) is 56.7. The molecule has 0 aliphatic carbocycles. The van der Waals surface area contributed by atoms with Crippen LogP contribution in [-0.4, -0.2) is 193 Å². The number of ketones is 2. The topological polar surface area (TPSA) is 327 Å². The van der Waals surface area contributed by atoms with Gasteiger partial charge in [-0.15, -0.1) is 10.2 Å². The number of para-hydroxylation sites is 2. The predicted octanol–water partition coefficient (Wildman–Crippen LogP) is 2.99. The molecule has 0 atom stereocenters. The molecule has 29 nitrogen and oxygen atoms in total. The van der Waals surface area contributed by atoms with E-state index in [1.165, 1.54) is 68.1 Å². The number of rotatable bonds is 14. The molecule has 0 bridgehead atoms. The SMILES string of the molecule is COc1cnc(-n2cnc(C)n2)c2[nH]cc(C(=O)C(=O)O)c12.COc1nc(N2CCN(C(=O)C(=O)c3c[nH]c4c(-n5cnc(C)n5)ncc(OC)c34)CC2)n(-c2ccccc2)n1.COc1nc(N2CCNCC2)n(-c2ccccc2)n1. The maximum Gasteiger partial charge on any atom is 0.377 e. The number of aromatic amines is 2. The molecule has 4 N–H and O–H groups in total. The van der Waals surface area contributed by atoms with E-state index in [-0.39, 0.29) is 17.1 Å². The zero-order valence-electron chi connectivity index (χ0n) is 44.7. The second-order valence-corrected chi connectivity index (χ2v) is 17.9. The fourth-order valence-electron chi connectivity index (χ4n) is 9.11. The molecule has 10 heterocycles. The molecule has 0 unspecified atom stereocenters. The van der Waals surface area contributed by atoms with Crippen molar-refractivity contribution in [3.8, 4) is 46.5 Å². The Morgan fingerprint density at radius 2 is 0.988 bits per heavy atom. The van der Waals surface area contributed by atoms with Crippen molar-refractivity contribution in [2.75, 3.05) is 90.6 Å². The summed E-state index contributed by atoms with van der Waals surface area (Å²) < 4.78 is 27.6. The summed E-state index contributed by atoms with van der Waals surface area (Å²) in [4.78, 5) is 87.1. The van der Waals surface area contributed by atoms with Crippen LogP contribution in [0.1, 0.15) is 32.4 Å². The number of amides is 1. The van der Waals surface area contributed by atoms with Crippen LogP contribution in [0.5, 0.6) is 23.5 Å². The fraction of sp³-hybridized carbons (Fsp3) is 0.269. The molecule has 1 amide bonds. The average Bonchev–Trinajstić information content (AvgIpc) is 4.48. The first-order valence-electron chi connectivity index (χ1n) is 25.2. The van der Waals surface area contributed by atoms with Crippen molar-refractivity contribution in [2.24, 2.45) is 0 Å². The van der Waals surface area contributed by atoms with Crippen molar-refractivity contribution in [2.45, 2.75) is 13.8 Å². The van der Waals surface area contributed by atoms with E-state index in [1.54, 1.807) is 30.5 Å². The monoisotopic (exact) mass is 1100 g/mol. The molecule has 81 heavy (non-hydrogen) atoms. The maximum absolute atomic E-state index is 13.5. The summed E-state index contributed by atoms with van der Waals surface area (Å²) >= 11 is 0. The van der Waals surface area contributed by atoms with Crippen LogP contribution in [0.2, 0.25) is 0 Å². The highest BCUT2D eigenvalue weighted by molar-refractivity contribution is 6.45. The first kappa shape index (κ1) is 53.8. The summed E-state index contributed by atoms with van der Waals surface area (Å²) in [7, 11) is 6.01. The molecular weight excluding hydrogens is 1050 g/mol. The van der Waals surface area contributed by atoms with Crippen LogP contribution < -0.4 is 34.1 Å². The Balaban J connectivity index is 0.000000151. The van der Waals surface area contributed by atoms with E-state index in [4.69, 9.17) is 24.1 Å². The Morgan fingerprint density at radius 3 is 1.40 bits per heavy atom. The van der Waals surface area contributed by atoms with Crippen molar-refractivity contribution in [3.63, 3.8) is 0 Å². The first-order chi connectivity index (χ1) is 39.4. The molecular formula is C52H54N20O9. The van der Waals surface area contributed by atoms with Crippen molar-refractivity contribution in [3.05, 3.63) is 121 Å². The number of hydrogen-bond donors (Lipinski definition) is 4. The number of carbonyl (C=O) groups is 4. The number of H-pyrrole nitrogens is 2. The minimum atomic E-state index is -1.54. The number of carboxylic acids is 1. The molecule has 2 fully saturated rings. The third-order valence-corrected chi connectivity index (χ3v) is 13.0. The highest BCUT2D eigenvalue weighted by Gasteiger charge is 2.32. The summed E-state index contributed by atoms with van der Waals surface area (Å²) in [5, 5.41) is 30.4. The van der Waals surface area contributed by atoms with Gasteiger partial charge in [-0.3, -0.25) is 14.4 Å². The molecule has 0 spiro atoms. The highest BCUT2D eigenvalue weighted by Crippen LogP contribution is 2.34. The Kier molecular flexibility index (Phi) is 15.7. The minimum absolute atomic E-state index is 0.000151. The van der Waals surface area contributed by atoms with Gasteiger partial charge in [-0.25, -0.2) is 34.1 Å². The van der Waals surface area contributed by atoms with Gasteiger partial charge in [0.25, 0.3) is 17.5 Å². The van der Waals surface area contributed by atoms with Gasteiger partial charge in [-0.05, 0) is 38.1 Å². The second kappa shape index (κ2) is 23.6. The second-order valence-electron chi connectivity index (χ2n) is 17.9. The maximum atomic E-state index is 13.5. The number of benzene rings is 2. The minimum Gasteiger partial charge on any atom is -0.494 e. The van der Waals surface area contributed by atoms with E-state index in [0.29, 0.717) is 94.7 Å². The number of carbonyl (C=O) groups excluding carboxylic acids is 3. The van der Waals surface area contributed by atoms with Crippen LogP contribution in [0.15, 0.2) is 98.1 Å². The van der Waals surface area contributed by atoms with Gasteiger partial charge in [0.1, 0.15) is 35.8 Å². The molecule has 29 heteroatoms. The number of aromatic nitrogens is 16. The van der Waals surface area contributed by atoms with Crippen molar-refractivity contribution in [1.29, 1.82) is 0 Å². The summed E-state index contributed by atoms with van der Waals surface area (Å²) in [5.74, 6) is 0.246. The summed E-state index contributed by atoms with van der Waals surface area (Å²) in [6.45, 7) is 8.86. The molecule has 0 saturated carbocycles. The Morgan fingerprint density at radius 1 is 0.543 bits per heavy atom. The van der Waals surface area contributed by atoms with Crippen LogP contribution in [0.25, 0.3) is 44.8 Å². The lowest BCUT2D eigenvalue weighted by molar-refractivity contribution is -0.131. The van der Waals surface area contributed by atoms with Gasteiger partial charge in [0, 0.05) is 64.8 Å². The van der Waals surface area contributed by atoms with Gasteiger partial charge in [-0.2, -0.15) is 29.5 Å². The largest absolute Gasteiger partial charge is 0.494 e. The summed E-state index contributed by atoms with van der Waals surface area (Å²) in [6.07, 6.45) is 8.74. The van der Waals surface area contributed by atoms with E-state index < -0.39 is 23.4 Å². The van der Waals surface area contributed by atoms with Gasteiger partial charge in [-0.1, -0.05) is 36.4 Å². The molecule has 416 valence electrons. The summed E-state index contributed by atoms with van der Waals surface area (Å²) in [6, 6.07) is 20.3. The van der Waals surface area contributed by atoms with Crippen molar-refractivity contribution < 1.29 is 43.2 Å². The number of methoxy groups -OCH3 is 4. The number of ether oxygens (including phenoxy) is 4. The highest BCUT2D eigenvalue weighted by atomic mass is 16.5. The number of nitrogens with one attached hydrogen (secondary N) is 3. The third-order valence-electron chi connectivity index (χ3n) is 13.0. The molecule has 8 aromatic heterocycles. The number of piperazine rings is 2. The zero-order valence-corrected chi connectivity index (χ0v) is 44.7. The third kappa shape index (κ3) is 11.0. The molecule has 2 saturated heterocycles. The lowest BCUT2D eigenvalue weighted by atomic mass is 10.1. The standard InChI is InChI=1S/C26H26N10O4.C13H11N5O4.C13H17N5O/c1-16-29-15-35(31-16)23-21-20(19(39-2)14-28-23)18(13-27-21)22(37)24(38)33-9-11-34(12-10-33)26-30-25(40-3)32-36(26)17-7-5-4-6-8-17;1-6-16-5-18(17-6)12-10-9(8(22-2)4-15-12)7(3-14-10)11(19)13(20)21;1-19-12-15-13(17-9-7-14-8-10-17)18(16-12)11-5-3-2-4-6-11/h4-8,13-15,27H,9-12H2,1-3H3;3-5,14H,1-2H3,(H,20,21);2-6,14H,7-10H2,1H3. The van der Waals surface area contributed by atoms with Crippen LogP contribution in [-0.2, 0) is 9.59 Å². The van der Waals surface area contributed by atoms with Crippen molar-refractivity contribution in [1.82, 2.24) is 89.2 Å². The number of hydrogen-bond acceptors (Lipinski definition) is 21. The molecule has 0 radical (unpaired) electrons. The molecule has 10 aromatic rings. The molecule has 2 aliphatic heterocycles. The number of anilines is 2. The van der Waals surface area contributed by atoms with E-state index in [1.807, 2.05) is 70.2 Å². The van der Waals surface area contributed by atoms with Gasteiger partial charge in [0.2, 0.25) is 11.9 Å². The van der Waals surface area contributed by atoms with Crippen molar-refractivity contribution >= 4 is 57.1 Å². The Hall–Kier alpha value is -10.6. The van der Waals surface area contributed by atoms with Gasteiger partial charge < -0.3 is 54.0 Å². The quantitative estimate of drug-likeness (QED) is 0.0898. The van der Waals surface area contributed by atoms with Crippen LogP contribution in [0, 0.1) is 13.8 Å². The lowest BCUT2D eigenvalue weighted by Gasteiger charge is -2.34. The fourth-order valence-corrected chi connectivity index (χ4v) is 9.11. The summed E-state index contributed by atoms with van der Waals surface area (Å²) in [5.41, 5.74) is 2.98. The van der Waals surface area contributed by atoms with E-state index in [2.05, 4.69) is 70.5 Å². The van der Waals surface area contributed by atoms with Crippen LogP contribution in [0.4, 0.5) is 11.9 Å². The molecule has 2 aliphatic rings. The van der Waals surface area contributed by atoms with Gasteiger partial charge >= 0.3 is 18.0 Å². The number of pyridine rings is 2. The Labute approximate surface area is 460 Å². The van der Waals surface area contributed by atoms with E-state index in [9.17, 15) is 19.2 Å². The lowest BCUT2D eigenvalue weighted by Crippen LogP contribution is -2.51. The number of fused-ring (bicyclic) bond motifs is 2. The normalized spacial score (nSPS) is 13.3. The first-order valence-corrected chi connectivity index (χ1v) is 25.2. The molecule has 2 aromatic carbocycles. The smallest absolute Gasteiger partial charge is 0.377 e. The van der Waals surface area contributed by atoms with E-state index in [0.717, 1.165) is 43.5 Å². The number of Topliss-reactive ketones (excluding diaryl/α,β-unsaturated/α-hetero) is 2. The number of nitrogens with zero attached hydrogens (tertiary/aromatic N) is 17. The molecule has 12 rings (SSSR count). The van der Waals surface area contributed by atoms with Gasteiger partial charge in [0.05, 0.1) is 85.1 Å². The van der Waals surface area contributed by atoms with Gasteiger partial charge in [0.15, 0.2) is 11.6 Å². The predicted molar refractivity (Wildman–Crippen MR) is 291 cm³/mol. The van der Waals surface area contributed by atoms with Crippen LogP contribution >= 0.6 is 0 Å². The average molecular weight is 1100 g/mol. The number of aliphatic carboxylic acids is 1. The van der Waals surface area contributed by atoms with E-state index >= 15 is 0 Å². The number of carboxylic acid groups (broad SMARTS) is 1. The Bertz CT molecular complexity index is 3870. The number of aryl methyl sites for hydroxylation is 2. The van der Waals surface area contributed by atoms with Crippen LogP contribution in [0.3, 0.4) is 0 Å².